The summed E-state index contributed by atoms with van der Waals surface area (Å²) in [5, 5.41) is 0. The number of benzene rings is 1. The molecule has 0 aliphatic heterocycles. The largest absolute Gasteiger partial charge is 0.573 e. The molecule has 0 aromatic heterocycles. The SMILES string of the molecule is Nc1c(Br)ccc(OC(F)(F)F)c1SC(F)(F)F. The first-order valence-corrected chi connectivity index (χ1v) is 5.70. The Hall–Kier alpha value is -0.770. The number of anilines is 1. The van der Waals surface area contributed by atoms with Crippen molar-refractivity contribution in [2.24, 2.45) is 0 Å². The van der Waals surface area contributed by atoms with Crippen molar-refractivity contribution in [2.45, 2.75) is 16.8 Å². The third-order valence-corrected chi connectivity index (χ3v) is 3.10. The average molecular weight is 356 g/mol. The molecule has 0 fully saturated rings. The van der Waals surface area contributed by atoms with Gasteiger partial charge in [-0.2, -0.15) is 13.2 Å². The van der Waals surface area contributed by atoms with Gasteiger partial charge in [0.25, 0.3) is 0 Å². The summed E-state index contributed by atoms with van der Waals surface area (Å²) >= 11 is 2.05. The van der Waals surface area contributed by atoms with Crippen molar-refractivity contribution >= 4 is 33.4 Å². The highest BCUT2D eigenvalue weighted by Crippen LogP contribution is 2.47. The summed E-state index contributed by atoms with van der Waals surface area (Å²) in [6.45, 7) is 0. The van der Waals surface area contributed by atoms with Gasteiger partial charge >= 0.3 is 11.9 Å². The number of hydrogen-bond acceptors (Lipinski definition) is 3. The second kappa shape index (κ2) is 5.08. The molecule has 0 heterocycles. The molecule has 0 spiro atoms. The second-order valence-corrected chi connectivity index (χ2v) is 4.81. The minimum Gasteiger partial charge on any atom is -0.405 e. The summed E-state index contributed by atoms with van der Waals surface area (Å²) in [7, 11) is 0. The fourth-order valence-corrected chi connectivity index (χ4v) is 2.10. The van der Waals surface area contributed by atoms with E-state index in [-0.39, 0.29) is 4.47 Å². The zero-order valence-electron chi connectivity index (χ0n) is 8.19. The molecule has 0 radical (unpaired) electrons. The molecule has 0 aliphatic carbocycles. The maximum absolute atomic E-state index is 12.2. The Morgan fingerprint density at radius 2 is 1.67 bits per heavy atom. The Morgan fingerprint density at radius 1 is 1.11 bits per heavy atom. The molecular formula is C8H4BrF6NOS. The van der Waals surface area contributed by atoms with Gasteiger partial charge in [-0.15, -0.1) is 13.2 Å². The Morgan fingerprint density at radius 3 is 2.11 bits per heavy atom. The molecular weight excluding hydrogens is 352 g/mol. The summed E-state index contributed by atoms with van der Waals surface area (Å²) < 4.78 is 76.3. The van der Waals surface area contributed by atoms with Crippen molar-refractivity contribution in [2.75, 3.05) is 5.73 Å². The zero-order valence-corrected chi connectivity index (χ0v) is 10.6. The maximum Gasteiger partial charge on any atom is 0.573 e. The van der Waals surface area contributed by atoms with Crippen LogP contribution in [0.5, 0.6) is 5.75 Å². The fourth-order valence-electron chi connectivity index (χ4n) is 0.982. The van der Waals surface area contributed by atoms with Crippen LogP contribution in [-0.4, -0.2) is 11.9 Å². The topological polar surface area (TPSA) is 35.2 Å². The van der Waals surface area contributed by atoms with Crippen molar-refractivity contribution in [1.29, 1.82) is 0 Å². The molecule has 1 rings (SSSR count). The van der Waals surface area contributed by atoms with Gasteiger partial charge in [-0.05, 0) is 39.8 Å². The normalized spacial score (nSPS) is 12.6. The summed E-state index contributed by atoms with van der Waals surface area (Å²) in [5.74, 6) is -0.995. The summed E-state index contributed by atoms with van der Waals surface area (Å²) in [5.41, 5.74) is 0.0422. The number of nitrogens with two attached hydrogens (primary N) is 1. The van der Waals surface area contributed by atoms with E-state index in [2.05, 4.69) is 20.7 Å². The number of thioether (sulfide) groups is 1. The molecule has 0 saturated carbocycles. The number of alkyl halides is 6. The first-order valence-electron chi connectivity index (χ1n) is 4.09. The fraction of sp³-hybridized carbons (Fsp3) is 0.250. The van der Waals surface area contributed by atoms with E-state index in [1.807, 2.05) is 0 Å². The lowest BCUT2D eigenvalue weighted by atomic mass is 10.3. The van der Waals surface area contributed by atoms with Gasteiger partial charge < -0.3 is 10.5 Å². The molecule has 0 saturated heterocycles. The molecule has 0 aliphatic rings. The summed E-state index contributed by atoms with van der Waals surface area (Å²) in [4.78, 5) is -0.839. The highest BCUT2D eigenvalue weighted by molar-refractivity contribution is 9.10. The van der Waals surface area contributed by atoms with Crippen LogP contribution in [0.15, 0.2) is 21.5 Å². The molecule has 1 aromatic carbocycles. The lowest BCUT2D eigenvalue weighted by Gasteiger charge is -2.16. The van der Waals surface area contributed by atoms with Crippen LogP contribution in [0.3, 0.4) is 0 Å². The lowest BCUT2D eigenvalue weighted by Crippen LogP contribution is -2.18. The average Bonchev–Trinajstić information content (AvgIpc) is 2.14. The van der Waals surface area contributed by atoms with Gasteiger partial charge in [0, 0.05) is 4.47 Å². The van der Waals surface area contributed by atoms with Crippen LogP contribution < -0.4 is 10.5 Å². The van der Waals surface area contributed by atoms with E-state index in [0.717, 1.165) is 12.1 Å². The van der Waals surface area contributed by atoms with Crippen LogP contribution in [0.2, 0.25) is 0 Å². The number of nitrogen functional groups attached to an aromatic ring is 1. The quantitative estimate of drug-likeness (QED) is 0.480. The highest BCUT2D eigenvalue weighted by Gasteiger charge is 2.37. The van der Waals surface area contributed by atoms with Crippen LogP contribution in [0.1, 0.15) is 0 Å². The number of ether oxygens (including phenoxy) is 1. The van der Waals surface area contributed by atoms with Gasteiger partial charge in [0.05, 0.1) is 10.6 Å². The third-order valence-electron chi connectivity index (χ3n) is 1.55. The monoisotopic (exact) mass is 355 g/mol. The molecule has 102 valence electrons. The van der Waals surface area contributed by atoms with Crippen molar-refractivity contribution < 1.29 is 31.1 Å². The van der Waals surface area contributed by atoms with Gasteiger partial charge in [-0.25, -0.2) is 0 Å². The maximum atomic E-state index is 12.2. The van der Waals surface area contributed by atoms with E-state index in [1.54, 1.807) is 0 Å². The molecule has 2 N–H and O–H groups in total. The minimum atomic E-state index is -5.10. The number of rotatable bonds is 2. The number of hydrogen-bond donors (Lipinski definition) is 1. The molecule has 10 heteroatoms. The van der Waals surface area contributed by atoms with Gasteiger partial charge in [-0.1, -0.05) is 0 Å². The smallest absolute Gasteiger partial charge is 0.405 e. The van der Waals surface area contributed by atoms with E-state index in [4.69, 9.17) is 5.73 Å². The Bertz CT molecular complexity index is 446. The summed E-state index contributed by atoms with van der Waals surface area (Å²) in [6, 6.07) is 1.82. The van der Waals surface area contributed by atoms with Crippen molar-refractivity contribution in [3.05, 3.63) is 16.6 Å². The lowest BCUT2D eigenvalue weighted by molar-refractivity contribution is -0.275. The van der Waals surface area contributed by atoms with E-state index in [9.17, 15) is 26.3 Å². The Kier molecular flexibility index (Phi) is 4.31. The van der Waals surface area contributed by atoms with Crippen molar-refractivity contribution in [3.63, 3.8) is 0 Å². The van der Waals surface area contributed by atoms with E-state index in [0.29, 0.717) is 0 Å². The number of halogens is 7. The second-order valence-electron chi connectivity index (χ2n) is 2.88. The van der Waals surface area contributed by atoms with Gasteiger partial charge in [0.2, 0.25) is 0 Å². The van der Waals surface area contributed by atoms with Crippen molar-refractivity contribution in [1.82, 2.24) is 0 Å². The molecule has 0 amide bonds. The Labute approximate surface area is 110 Å². The van der Waals surface area contributed by atoms with Gasteiger partial charge in [0.1, 0.15) is 5.75 Å². The molecule has 0 unspecified atom stereocenters. The highest BCUT2D eigenvalue weighted by atomic mass is 79.9. The zero-order chi connectivity index (χ0) is 14.1. The standard InChI is InChI=1S/C8H4BrF6NOS/c9-3-1-2-4(17-7(10,11)12)6(5(3)16)18-8(13,14)15/h1-2H,16H2. The van der Waals surface area contributed by atoms with Gasteiger partial charge in [0.15, 0.2) is 0 Å². The van der Waals surface area contributed by atoms with Crippen LogP contribution >= 0.6 is 27.7 Å². The van der Waals surface area contributed by atoms with Crippen LogP contribution in [0.25, 0.3) is 0 Å². The molecule has 1 aromatic rings. The van der Waals surface area contributed by atoms with E-state index < -0.39 is 40.0 Å². The molecule has 18 heavy (non-hydrogen) atoms. The van der Waals surface area contributed by atoms with E-state index in [1.165, 1.54) is 0 Å². The molecule has 0 atom stereocenters. The van der Waals surface area contributed by atoms with Crippen LogP contribution in [-0.2, 0) is 0 Å². The van der Waals surface area contributed by atoms with E-state index >= 15 is 0 Å². The third kappa shape index (κ3) is 4.48. The Balaban J connectivity index is 3.22. The minimum absolute atomic E-state index is 0.0452. The van der Waals surface area contributed by atoms with Crippen molar-refractivity contribution in [3.8, 4) is 5.75 Å². The molecule has 0 bridgehead atoms. The predicted molar refractivity (Wildman–Crippen MR) is 57.1 cm³/mol. The van der Waals surface area contributed by atoms with Crippen LogP contribution in [0, 0.1) is 0 Å². The van der Waals surface area contributed by atoms with Gasteiger partial charge in [-0.3, -0.25) is 0 Å². The predicted octanol–water partition coefficient (Wildman–Crippen LogP) is 4.54. The molecule has 2 nitrogen and oxygen atoms in total. The summed E-state index contributed by atoms with van der Waals surface area (Å²) in [6.07, 6.45) is -5.10. The van der Waals surface area contributed by atoms with Crippen LogP contribution in [0.4, 0.5) is 32.0 Å². The first-order chi connectivity index (χ1) is 7.99. The first kappa shape index (κ1) is 15.3.